The molecule has 82 valence electrons. The Kier molecular flexibility index (Phi) is 3.16. The molecule has 1 aliphatic heterocycles. The normalized spacial score (nSPS) is 19.0. The molecule has 2 N–H and O–H groups in total. The summed E-state index contributed by atoms with van der Waals surface area (Å²) in [7, 11) is 0. The van der Waals surface area contributed by atoms with Crippen molar-refractivity contribution in [1.82, 2.24) is 5.32 Å². The van der Waals surface area contributed by atoms with Gasteiger partial charge >= 0.3 is 0 Å². The largest absolute Gasteiger partial charge is 0.380 e. The number of halogens is 2. The smallest absolute Gasteiger partial charge is 0.250 e. The van der Waals surface area contributed by atoms with Crippen LogP contribution in [-0.4, -0.2) is 25.6 Å². The SMILES string of the molecule is FC(F)CNCC1Cc2ccccc2N1. The summed E-state index contributed by atoms with van der Waals surface area (Å²) in [5.41, 5.74) is 2.39. The molecule has 0 fully saturated rings. The molecular formula is C11H14F2N2. The van der Waals surface area contributed by atoms with Crippen LogP contribution in [0.4, 0.5) is 14.5 Å². The number of rotatable bonds is 4. The third-order valence-corrected chi connectivity index (χ3v) is 2.53. The van der Waals surface area contributed by atoms with Crippen LogP contribution < -0.4 is 10.6 Å². The first kappa shape index (κ1) is 10.4. The number of hydrogen-bond acceptors (Lipinski definition) is 2. The number of para-hydroxylation sites is 1. The van der Waals surface area contributed by atoms with Crippen molar-refractivity contribution >= 4 is 5.69 Å². The Morgan fingerprint density at radius 3 is 2.93 bits per heavy atom. The van der Waals surface area contributed by atoms with E-state index in [-0.39, 0.29) is 12.6 Å². The molecule has 1 aromatic rings. The van der Waals surface area contributed by atoms with E-state index in [9.17, 15) is 8.78 Å². The lowest BCUT2D eigenvalue weighted by molar-refractivity contribution is 0.146. The first-order chi connectivity index (χ1) is 7.25. The van der Waals surface area contributed by atoms with E-state index in [0.717, 1.165) is 12.1 Å². The molecule has 0 bridgehead atoms. The Balaban J connectivity index is 1.80. The highest BCUT2D eigenvalue weighted by molar-refractivity contribution is 5.56. The van der Waals surface area contributed by atoms with E-state index in [1.807, 2.05) is 18.2 Å². The molecule has 1 aromatic carbocycles. The molecule has 1 heterocycles. The van der Waals surface area contributed by atoms with Gasteiger partial charge in [0.1, 0.15) is 0 Å². The molecule has 15 heavy (non-hydrogen) atoms. The van der Waals surface area contributed by atoms with Crippen LogP contribution in [-0.2, 0) is 6.42 Å². The lowest BCUT2D eigenvalue weighted by atomic mass is 10.1. The summed E-state index contributed by atoms with van der Waals surface area (Å²) in [6.45, 7) is 0.355. The van der Waals surface area contributed by atoms with Crippen molar-refractivity contribution in [3.05, 3.63) is 29.8 Å². The van der Waals surface area contributed by atoms with Crippen molar-refractivity contribution in [2.24, 2.45) is 0 Å². The molecule has 1 atom stereocenters. The molecule has 0 aliphatic carbocycles. The van der Waals surface area contributed by atoms with Crippen molar-refractivity contribution < 1.29 is 8.78 Å². The van der Waals surface area contributed by atoms with Crippen LogP contribution in [0, 0.1) is 0 Å². The summed E-state index contributed by atoms with van der Waals surface area (Å²) in [4.78, 5) is 0. The van der Waals surface area contributed by atoms with Crippen LogP contribution in [0.3, 0.4) is 0 Å². The highest BCUT2D eigenvalue weighted by Gasteiger charge is 2.19. The van der Waals surface area contributed by atoms with Gasteiger partial charge in [-0.2, -0.15) is 0 Å². The summed E-state index contributed by atoms with van der Waals surface area (Å²) in [5, 5.41) is 6.05. The zero-order chi connectivity index (χ0) is 10.7. The summed E-state index contributed by atoms with van der Waals surface area (Å²) in [5.74, 6) is 0. The average molecular weight is 212 g/mol. The second kappa shape index (κ2) is 4.57. The zero-order valence-corrected chi connectivity index (χ0v) is 8.34. The molecule has 0 saturated heterocycles. The van der Waals surface area contributed by atoms with Crippen LogP contribution >= 0.6 is 0 Å². The monoisotopic (exact) mass is 212 g/mol. The Morgan fingerprint density at radius 1 is 1.40 bits per heavy atom. The minimum atomic E-state index is -2.27. The minimum absolute atomic E-state index is 0.228. The average Bonchev–Trinajstić information content (AvgIpc) is 2.59. The standard InChI is InChI=1S/C11H14F2N2/c12-11(13)7-14-6-9-5-8-3-1-2-4-10(8)15-9/h1-4,9,11,14-15H,5-7H2. The third kappa shape index (κ3) is 2.65. The second-order valence-corrected chi connectivity index (χ2v) is 3.75. The van der Waals surface area contributed by atoms with Crippen molar-refractivity contribution in [1.29, 1.82) is 0 Å². The quantitative estimate of drug-likeness (QED) is 0.796. The van der Waals surface area contributed by atoms with Crippen molar-refractivity contribution in [3.63, 3.8) is 0 Å². The van der Waals surface area contributed by atoms with E-state index in [1.54, 1.807) is 0 Å². The number of hydrogen-bond donors (Lipinski definition) is 2. The van der Waals surface area contributed by atoms with Gasteiger partial charge < -0.3 is 10.6 Å². The second-order valence-electron chi connectivity index (χ2n) is 3.75. The van der Waals surface area contributed by atoms with Gasteiger partial charge in [0, 0.05) is 18.3 Å². The van der Waals surface area contributed by atoms with Gasteiger partial charge in [0.05, 0.1) is 6.54 Å². The minimum Gasteiger partial charge on any atom is -0.380 e. The molecule has 1 unspecified atom stereocenters. The molecule has 2 rings (SSSR count). The van der Waals surface area contributed by atoms with Crippen LogP contribution in [0.5, 0.6) is 0 Å². The summed E-state index contributed by atoms with van der Waals surface area (Å²) < 4.78 is 23.8. The summed E-state index contributed by atoms with van der Waals surface area (Å²) in [6.07, 6.45) is -1.36. The fourth-order valence-electron chi connectivity index (χ4n) is 1.87. The molecule has 0 spiro atoms. The third-order valence-electron chi connectivity index (χ3n) is 2.53. The van der Waals surface area contributed by atoms with Gasteiger partial charge in [0.2, 0.25) is 0 Å². The summed E-state index contributed by atoms with van der Waals surface area (Å²) in [6, 6.07) is 8.29. The van der Waals surface area contributed by atoms with Crippen molar-refractivity contribution in [3.8, 4) is 0 Å². The Hall–Kier alpha value is -1.16. The molecular weight excluding hydrogens is 198 g/mol. The predicted molar refractivity (Wildman–Crippen MR) is 56.4 cm³/mol. The maximum Gasteiger partial charge on any atom is 0.250 e. The van der Waals surface area contributed by atoms with E-state index >= 15 is 0 Å². The van der Waals surface area contributed by atoms with Crippen molar-refractivity contribution in [2.75, 3.05) is 18.4 Å². The van der Waals surface area contributed by atoms with E-state index < -0.39 is 6.43 Å². The van der Waals surface area contributed by atoms with Gasteiger partial charge in [0.25, 0.3) is 6.43 Å². The van der Waals surface area contributed by atoms with E-state index in [4.69, 9.17) is 0 Å². The molecule has 4 heteroatoms. The molecule has 0 amide bonds. The van der Waals surface area contributed by atoms with Gasteiger partial charge in [-0.25, -0.2) is 8.78 Å². The number of alkyl halides is 2. The number of nitrogens with one attached hydrogen (secondary N) is 2. The predicted octanol–water partition coefficient (Wildman–Crippen LogP) is 1.88. The Morgan fingerprint density at radius 2 is 2.20 bits per heavy atom. The highest BCUT2D eigenvalue weighted by Crippen LogP contribution is 2.24. The molecule has 0 saturated carbocycles. The maximum absolute atomic E-state index is 11.9. The number of anilines is 1. The zero-order valence-electron chi connectivity index (χ0n) is 8.34. The van der Waals surface area contributed by atoms with Gasteiger partial charge in [-0.1, -0.05) is 18.2 Å². The lowest BCUT2D eigenvalue weighted by Crippen LogP contribution is -2.33. The lowest BCUT2D eigenvalue weighted by Gasteiger charge is -2.11. The number of benzene rings is 1. The molecule has 2 nitrogen and oxygen atoms in total. The fourth-order valence-corrected chi connectivity index (χ4v) is 1.87. The first-order valence-corrected chi connectivity index (χ1v) is 5.09. The molecule has 0 radical (unpaired) electrons. The molecule has 1 aliphatic rings. The van der Waals surface area contributed by atoms with Crippen LogP contribution in [0.1, 0.15) is 5.56 Å². The Bertz CT molecular complexity index is 303. The maximum atomic E-state index is 11.9. The van der Waals surface area contributed by atoms with Crippen molar-refractivity contribution in [2.45, 2.75) is 18.9 Å². The summed E-state index contributed by atoms with van der Waals surface area (Å²) >= 11 is 0. The van der Waals surface area contributed by atoms with E-state index in [2.05, 4.69) is 16.7 Å². The van der Waals surface area contributed by atoms with Gasteiger partial charge in [-0.3, -0.25) is 0 Å². The van der Waals surface area contributed by atoms with E-state index in [0.29, 0.717) is 6.54 Å². The topological polar surface area (TPSA) is 24.1 Å². The first-order valence-electron chi connectivity index (χ1n) is 5.09. The molecule has 0 aromatic heterocycles. The fraction of sp³-hybridized carbons (Fsp3) is 0.455. The van der Waals surface area contributed by atoms with E-state index in [1.165, 1.54) is 5.56 Å². The van der Waals surface area contributed by atoms with Gasteiger partial charge in [0.15, 0.2) is 0 Å². The number of fused-ring (bicyclic) bond motifs is 1. The van der Waals surface area contributed by atoms with Crippen LogP contribution in [0.15, 0.2) is 24.3 Å². The Labute approximate surface area is 87.7 Å². The highest BCUT2D eigenvalue weighted by atomic mass is 19.3. The van der Waals surface area contributed by atoms with Crippen LogP contribution in [0.25, 0.3) is 0 Å². The van der Waals surface area contributed by atoms with Crippen LogP contribution in [0.2, 0.25) is 0 Å². The van der Waals surface area contributed by atoms with Gasteiger partial charge in [-0.05, 0) is 18.1 Å². The van der Waals surface area contributed by atoms with Gasteiger partial charge in [-0.15, -0.1) is 0 Å².